The molecule has 0 aliphatic heterocycles. The van der Waals surface area contributed by atoms with Crippen LogP contribution < -0.4 is 15.6 Å². The molecule has 0 bridgehead atoms. The number of primary sulfonamides is 1. The molecule has 138 valence electrons. The first-order chi connectivity index (χ1) is 12.9. The molecule has 0 unspecified atom stereocenters. The van der Waals surface area contributed by atoms with Crippen LogP contribution in [-0.2, 0) is 16.6 Å². The van der Waals surface area contributed by atoms with Gasteiger partial charge in [-0.05, 0) is 23.8 Å². The normalized spacial score (nSPS) is 11.1. The predicted octanol–water partition coefficient (Wildman–Crippen LogP) is 2.68. The predicted molar refractivity (Wildman–Crippen MR) is 103 cm³/mol. The van der Waals surface area contributed by atoms with Crippen molar-refractivity contribution < 1.29 is 17.9 Å². The van der Waals surface area contributed by atoms with Crippen LogP contribution in [0.4, 0.5) is 0 Å². The van der Waals surface area contributed by atoms with Crippen molar-refractivity contribution in [3.8, 4) is 16.9 Å². The molecule has 0 atom stereocenters. The van der Waals surface area contributed by atoms with Crippen LogP contribution in [0.1, 0.15) is 15.9 Å². The molecule has 27 heavy (non-hydrogen) atoms. The summed E-state index contributed by atoms with van der Waals surface area (Å²) in [5.41, 5.74) is 7.14. The number of ether oxygens (including phenoxy) is 1. The molecule has 1 amide bonds. The SMILES string of the molecule is NC(=O)c1cccc(OCc2ccccc2)c1-c1ccccc1S(N)(=O)=O. The highest BCUT2D eigenvalue weighted by Gasteiger charge is 2.22. The number of sulfonamides is 1. The highest BCUT2D eigenvalue weighted by molar-refractivity contribution is 7.89. The Morgan fingerprint density at radius 3 is 2.22 bits per heavy atom. The molecule has 0 aliphatic rings. The number of carbonyl (C=O) groups is 1. The minimum absolute atomic E-state index is 0.108. The van der Waals surface area contributed by atoms with Crippen LogP contribution in [0, 0.1) is 0 Å². The Hall–Kier alpha value is -3.16. The number of hydrogen-bond donors (Lipinski definition) is 2. The Morgan fingerprint density at radius 1 is 0.889 bits per heavy atom. The van der Waals surface area contributed by atoms with Gasteiger partial charge in [-0.3, -0.25) is 4.79 Å². The molecule has 0 aliphatic carbocycles. The lowest BCUT2D eigenvalue weighted by atomic mass is 9.98. The minimum atomic E-state index is -4.02. The molecule has 0 fully saturated rings. The van der Waals surface area contributed by atoms with Crippen molar-refractivity contribution >= 4 is 15.9 Å². The zero-order valence-corrected chi connectivity index (χ0v) is 15.1. The number of benzene rings is 3. The number of hydrogen-bond acceptors (Lipinski definition) is 4. The third-order valence-electron chi connectivity index (χ3n) is 3.99. The van der Waals surface area contributed by atoms with E-state index in [2.05, 4.69) is 0 Å². The van der Waals surface area contributed by atoms with E-state index < -0.39 is 15.9 Å². The van der Waals surface area contributed by atoms with E-state index in [1.54, 1.807) is 30.3 Å². The van der Waals surface area contributed by atoms with Crippen LogP contribution in [-0.4, -0.2) is 14.3 Å². The molecule has 3 aromatic rings. The van der Waals surface area contributed by atoms with Gasteiger partial charge in [0.1, 0.15) is 12.4 Å². The molecule has 0 spiro atoms. The van der Waals surface area contributed by atoms with Crippen LogP contribution >= 0.6 is 0 Å². The van der Waals surface area contributed by atoms with E-state index in [-0.39, 0.29) is 22.6 Å². The van der Waals surface area contributed by atoms with E-state index >= 15 is 0 Å². The van der Waals surface area contributed by atoms with E-state index in [1.807, 2.05) is 30.3 Å². The molecule has 0 heterocycles. The molecule has 0 aromatic heterocycles. The fourth-order valence-electron chi connectivity index (χ4n) is 2.79. The van der Waals surface area contributed by atoms with Gasteiger partial charge < -0.3 is 10.5 Å². The van der Waals surface area contributed by atoms with Crippen LogP contribution in [0.25, 0.3) is 11.1 Å². The Labute approximate surface area is 157 Å². The standard InChI is InChI=1S/C20H18N2O4S/c21-20(23)16-10-6-11-17(26-13-14-7-2-1-3-8-14)19(16)15-9-4-5-12-18(15)27(22,24)25/h1-12H,13H2,(H2,21,23)(H2,22,24,25). The smallest absolute Gasteiger partial charge is 0.249 e. The Bertz CT molecular complexity index is 1080. The van der Waals surface area contributed by atoms with Crippen LogP contribution in [0.3, 0.4) is 0 Å². The molecule has 3 rings (SSSR count). The third kappa shape index (κ3) is 4.16. The van der Waals surface area contributed by atoms with Crippen LogP contribution in [0.5, 0.6) is 5.75 Å². The van der Waals surface area contributed by atoms with Gasteiger partial charge in [0.25, 0.3) is 0 Å². The summed E-state index contributed by atoms with van der Waals surface area (Å²) in [6.45, 7) is 0.244. The first-order valence-corrected chi connectivity index (χ1v) is 9.64. The van der Waals surface area contributed by atoms with Crippen molar-refractivity contribution in [1.29, 1.82) is 0 Å². The van der Waals surface area contributed by atoms with Crippen LogP contribution in [0.15, 0.2) is 77.7 Å². The maximum absolute atomic E-state index is 12.0. The number of nitrogens with two attached hydrogens (primary N) is 2. The number of rotatable bonds is 6. The van der Waals surface area contributed by atoms with Crippen molar-refractivity contribution in [3.05, 3.63) is 83.9 Å². The van der Waals surface area contributed by atoms with Gasteiger partial charge in [-0.1, -0.05) is 54.6 Å². The van der Waals surface area contributed by atoms with Gasteiger partial charge in [-0.15, -0.1) is 0 Å². The van der Waals surface area contributed by atoms with Gasteiger partial charge in [0, 0.05) is 11.1 Å². The van der Waals surface area contributed by atoms with Crippen LogP contribution in [0.2, 0.25) is 0 Å². The second-order valence-electron chi connectivity index (χ2n) is 5.86. The second-order valence-corrected chi connectivity index (χ2v) is 7.39. The third-order valence-corrected chi connectivity index (χ3v) is 4.96. The summed E-state index contributed by atoms with van der Waals surface area (Å²) in [6.07, 6.45) is 0. The molecule has 3 aromatic carbocycles. The average molecular weight is 382 g/mol. The number of primary amides is 1. The zero-order valence-electron chi connectivity index (χ0n) is 14.3. The number of carbonyl (C=O) groups excluding carboxylic acids is 1. The first kappa shape index (κ1) is 18.6. The first-order valence-electron chi connectivity index (χ1n) is 8.09. The summed E-state index contributed by atoms with van der Waals surface area (Å²) in [6, 6.07) is 20.4. The Morgan fingerprint density at radius 2 is 1.56 bits per heavy atom. The van der Waals surface area contributed by atoms with E-state index in [0.29, 0.717) is 11.3 Å². The summed E-state index contributed by atoms with van der Waals surface area (Å²) in [5.74, 6) is -0.356. The van der Waals surface area contributed by atoms with E-state index in [9.17, 15) is 13.2 Å². The highest BCUT2D eigenvalue weighted by Crippen LogP contribution is 2.37. The molecular formula is C20H18N2O4S. The van der Waals surface area contributed by atoms with E-state index in [4.69, 9.17) is 15.6 Å². The van der Waals surface area contributed by atoms with Gasteiger partial charge >= 0.3 is 0 Å². The van der Waals surface area contributed by atoms with Gasteiger partial charge in [-0.25, -0.2) is 13.6 Å². The fraction of sp³-hybridized carbons (Fsp3) is 0.0500. The van der Waals surface area contributed by atoms with Gasteiger partial charge in [0.15, 0.2) is 0 Å². The Balaban J connectivity index is 2.15. The molecule has 4 N–H and O–H groups in total. The maximum atomic E-state index is 12.0. The van der Waals surface area contributed by atoms with Crippen molar-refractivity contribution in [2.24, 2.45) is 10.9 Å². The summed E-state index contributed by atoms with van der Waals surface area (Å²) >= 11 is 0. The van der Waals surface area contributed by atoms with Gasteiger partial charge in [0.2, 0.25) is 15.9 Å². The van der Waals surface area contributed by atoms with Crippen molar-refractivity contribution in [1.82, 2.24) is 0 Å². The van der Waals surface area contributed by atoms with Crippen molar-refractivity contribution in [3.63, 3.8) is 0 Å². The molecule has 0 saturated heterocycles. The van der Waals surface area contributed by atoms with Crippen molar-refractivity contribution in [2.75, 3.05) is 0 Å². The summed E-state index contributed by atoms with van der Waals surface area (Å²) in [7, 11) is -4.02. The monoisotopic (exact) mass is 382 g/mol. The average Bonchev–Trinajstić information content (AvgIpc) is 2.66. The molecule has 0 saturated carbocycles. The molecule has 6 nitrogen and oxygen atoms in total. The van der Waals surface area contributed by atoms with Crippen molar-refractivity contribution in [2.45, 2.75) is 11.5 Å². The minimum Gasteiger partial charge on any atom is -0.488 e. The summed E-state index contributed by atoms with van der Waals surface area (Å²) < 4.78 is 29.9. The second kappa shape index (κ2) is 7.61. The quantitative estimate of drug-likeness (QED) is 0.682. The molecule has 0 radical (unpaired) electrons. The molecular weight excluding hydrogens is 364 g/mol. The maximum Gasteiger partial charge on any atom is 0.249 e. The Kier molecular flexibility index (Phi) is 5.25. The van der Waals surface area contributed by atoms with Gasteiger partial charge in [-0.2, -0.15) is 0 Å². The van der Waals surface area contributed by atoms with Gasteiger partial charge in [0.05, 0.1) is 10.5 Å². The lowest BCUT2D eigenvalue weighted by Crippen LogP contribution is -2.16. The zero-order chi connectivity index (χ0) is 19.4. The summed E-state index contributed by atoms with van der Waals surface area (Å²) in [5, 5.41) is 5.35. The summed E-state index contributed by atoms with van der Waals surface area (Å²) in [4.78, 5) is 11.9. The highest BCUT2D eigenvalue weighted by atomic mass is 32.2. The van der Waals surface area contributed by atoms with E-state index in [1.165, 1.54) is 12.1 Å². The number of amides is 1. The lowest BCUT2D eigenvalue weighted by molar-refractivity contribution is 0.100. The molecule has 7 heteroatoms. The fourth-order valence-corrected chi connectivity index (χ4v) is 3.54. The lowest BCUT2D eigenvalue weighted by Gasteiger charge is -2.16. The topological polar surface area (TPSA) is 112 Å². The van der Waals surface area contributed by atoms with E-state index in [0.717, 1.165) is 5.56 Å². The largest absolute Gasteiger partial charge is 0.488 e.